The fourth-order valence-corrected chi connectivity index (χ4v) is 5.11. The van der Waals surface area contributed by atoms with Gasteiger partial charge < -0.3 is 43.4 Å². The number of benzene rings is 3. The third kappa shape index (κ3) is 8.70. The van der Waals surface area contributed by atoms with Crippen molar-refractivity contribution in [1.29, 1.82) is 0 Å². The number of hydrogen-bond acceptors (Lipinski definition) is 13. The van der Waals surface area contributed by atoms with Gasteiger partial charge >= 0.3 is 23.9 Å². The van der Waals surface area contributed by atoms with E-state index >= 15 is 0 Å². The van der Waals surface area contributed by atoms with Gasteiger partial charge in [-0.2, -0.15) is 0 Å². The Morgan fingerprint density at radius 3 is 1.06 bits per heavy atom. The summed E-state index contributed by atoms with van der Waals surface area (Å²) in [5.41, 5.74) is 0.120. The minimum atomic E-state index is -0.917. The van der Waals surface area contributed by atoms with Crippen molar-refractivity contribution in [2.75, 3.05) is 0 Å². The van der Waals surface area contributed by atoms with Gasteiger partial charge in [0.1, 0.15) is 29.8 Å². The number of epoxide rings is 3. The summed E-state index contributed by atoms with van der Waals surface area (Å²) in [6, 6.07) is 11.0. The van der Waals surface area contributed by atoms with E-state index in [1.54, 1.807) is 0 Å². The number of carbonyl (C=O) groups is 4. The predicted octanol–water partition coefficient (Wildman–Crippen LogP) is 5.10. The van der Waals surface area contributed by atoms with Crippen LogP contribution in [0.4, 0.5) is 0 Å². The Bertz CT molecular complexity index is 1940. The summed E-state index contributed by atoms with van der Waals surface area (Å²) in [5, 5.41) is 20.2. The molecule has 13 nitrogen and oxygen atoms in total. The molecule has 0 aliphatic carbocycles. The first kappa shape index (κ1) is 35.1. The number of rotatable bonds is 12. The lowest BCUT2D eigenvalue weighted by atomic mass is 9.94. The first-order valence-electron chi connectivity index (χ1n) is 16.1. The number of carbonyl (C=O) groups excluding carboxylic acids is 4. The summed E-state index contributed by atoms with van der Waals surface area (Å²) in [4.78, 5) is 53.0. The molecule has 0 amide bonds. The van der Waals surface area contributed by atoms with E-state index in [0.29, 0.717) is 0 Å². The molecule has 3 heterocycles. The fraction of sp³-hybridized carbons (Fsp3) is 0.263. The van der Waals surface area contributed by atoms with E-state index in [2.05, 4.69) is 0 Å². The molecule has 3 saturated heterocycles. The Morgan fingerprint density at radius 2 is 0.804 bits per heavy atom. The van der Waals surface area contributed by atoms with Gasteiger partial charge in [0.15, 0.2) is 23.0 Å². The maximum atomic E-state index is 13.5. The molecular weight excluding hydrogens is 664 g/mol. The Balaban J connectivity index is 1.62. The van der Waals surface area contributed by atoms with Gasteiger partial charge in [-0.3, -0.25) is 4.79 Å². The van der Waals surface area contributed by atoms with Crippen molar-refractivity contribution in [2.24, 2.45) is 0 Å². The number of aromatic hydroxyl groups is 2. The highest BCUT2D eigenvalue weighted by Crippen LogP contribution is 2.57. The van der Waals surface area contributed by atoms with Crippen molar-refractivity contribution >= 4 is 23.9 Å². The Morgan fingerprint density at radius 1 is 0.529 bits per heavy atom. The van der Waals surface area contributed by atoms with Crippen molar-refractivity contribution < 1.29 is 62.5 Å². The second kappa shape index (κ2) is 14.6. The third-order valence-corrected chi connectivity index (χ3v) is 8.03. The lowest BCUT2D eigenvalue weighted by molar-refractivity contribution is -0.133. The summed E-state index contributed by atoms with van der Waals surface area (Å²) in [6.45, 7) is 6.59. The zero-order valence-corrected chi connectivity index (χ0v) is 27.9. The zero-order chi connectivity index (χ0) is 36.4. The fourth-order valence-electron chi connectivity index (χ4n) is 5.11. The summed E-state index contributed by atoms with van der Waals surface area (Å²) in [6.07, 6.45) is 6.67. The molecule has 51 heavy (non-hydrogen) atoms. The molecule has 0 saturated carbocycles. The van der Waals surface area contributed by atoms with Crippen LogP contribution in [0.3, 0.4) is 0 Å². The molecule has 2 N–H and O–H groups in total. The molecule has 6 rings (SSSR count). The van der Waals surface area contributed by atoms with E-state index in [-0.39, 0.29) is 81.9 Å². The lowest BCUT2D eigenvalue weighted by Gasteiger charge is -2.24. The van der Waals surface area contributed by atoms with Crippen LogP contribution in [0, 0.1) is 0 Å². The van der Waals surface area contributed by atoms with Crippen LogP contribution in [-0.2, 0) is 33.4 Å². The Hall–Kier alpha value is -5.76. The maximum absolute atomic E-state index is 13.5. The van der Waals surface area contributed by atoms with Crippen molar-refractivity contribution in [3.63, 3.8) is 0 Å². The summed E-state index contributed by atoms with van der Waals surface area (Å²) in [7, 11) is 0. The van der Waals surface area contributed by atoms with Crippen molar-refractivity contribution in [1.82, 2.24) is 0 Å². The van der Waals surface area contributed by atoms with Gasteiger partial charge in [-0.1, -0.05) is 24.3 Å². The van der Waals surface area contributed by atoms with Crippen molar-refractivity contribution in [3.05, 3.63) is 85.0 Å². The largest absolute Gasteiger partial charge is 0.508 e. The average molecular weight is 699 g/mol. The molecule has 264 valence electrons. The molecule has 3 aromatic carbocycles. The van der Waals surface area contributed by atoms with Gasteiger partial charge in [0.25, 0.3) is 0 Å². The standard InChI is InChI=1S/C38H34O13/c1-19-27(45-19)13-16-30(42)49-36-34(24-7-11-26(41)12-8-24)38(51-32(44)18-15-29-21(3)47-29)37(50-31(43)17-14-28-20(2)46-28)33(35(36)48-22(4)39)23-5-9-25(40)10-6-23/h5-21,27-29,40-41H,1-4H3/b16-13-,17-14-,18-15-/t19-,20+,21-,27-,28+,29-/m1/s1. The minimum Gasteiger partial charge on any atom is -0.508 e. The molecule has 0 radical (unpaired) electrons. The summed E-state index contributed by atoms with van der Waals surface area (Å²) < 4.78 is 39.5. The second-order valence-electron chi connectivity index (χ2n) is 12.0. The van der Waals surface area contributed by atoms with E-state index < -0.39 is 35.4 Å². The number of ether oxygens (including phenoxy) is 7. The monoisotopic (exact) mass is 698 g/mol. The average Bonchev–Trinajstić information content (AvgIpc) is 4.04. The molecule has 3 fully saturated rings. The topological polar surface area (TPSA) is 183 Å². The maximum Gasteiger partial charge on any atom is 0.336 e. The van der Waals surface area contributed by atoms with E-state index in [0.717, 1.165) is 25.2 Å². The summed E-state index contributed by atoms with van der Waals surface area (Å²) >= 11 is 0. The van der Waals surface area contributed by atoms with Gasteiger partial charge in [-0.05, 0) is 74.4 Å². The van der Waals surface area contributed by atoms with Crippen molar-refractivity contribution in [2.45, 2.75) is 64.3 Å². The van der Waals surface area contributed by atoms with Crippen LogP contribution in [0.25, 0.3) is 22.3 Å². The van der Waals surface area contributed by atoms with Gasteiger partial charge in [-0.25, -0.2) is 14.4 Å². The molecule has 3 aliphatic rings. The van der Waals surface area contributed by atoms with Crippen LogP contribution < -0.4 is 18.9 Å². The molecule has 3 aromatic rings. The highest BCUT2D eigenvalue weighted by Gasteiger charge is 2.36. The predicted molar refractivity (Wildman–Crippen MR) is 179 cm³/mol. The molecule has 0 aromatic heterocycles. The molecule has 13 heteroatoms. The number of phenolic OH excluding ortho intramolecular Hbond substituents is 2. The molecule has 0 bridgehead atoms. The van der Waals surface area contributed by atoms with Gasteiger partial charge in [0.2, 0.25) is 0 Å². The lowest BCUT2D eigenvalue weighted by Crippen LogP contribution is -2.16. The van der Waals surface area contributed by atoms with E-state index in [1.807, 2.05) is 20.8 Å². The number of esters is 4. The highest BCUT2D eigenvalue weighted by atomic mass is 16.6. The molecule has 3 aliphatic heterocycles. The number of hydrogen-bond donors (Lipinski definition) is 2. The first-order chi connectivity index (χ1) is 24.4. The molecule has 0 unspecified atom stereocenters. The van der Waals surface area contributed by atoms with Crippen LogP contribution in [0.15, 0.2) is 85.0 Å². The van der Waals surface area contributed by atoms with Crippen molar-refractivity contribution in [3.8, 4) is 56.8 Å². The Labute approximate surface area is 292 Å². The van der Waals surface area contributed by atoms with E-state index in [9.17, 15) is 29.4 Å². The summed E-state index contributed by atoms with van der Waals surface area (Å²) in [5.74, 6) is -5.38. The van der Waals surface area contributed by atoms with Crippen LogP contribution in [-0.4, -0.2) is 70.7 Å². The minimum absolute atomic E-state index is 0.0971. The van der Waals surface area contributed by atoms with E-state index in [1.165, 1.54) is 66.8 Å². The number of phenols is 2. The van der Waals surface area contributed by atoms with Gasteiger partial charge in [-0.15, -0.1) is 0 Å². The highest BCUT2D eigenvalue weighted by molar-refractivity contribution is 6.01. The third-order valence-electron chi connectivity index (χ3n) is 8.03. The first-order valence-corrected chi connectivity index (χ1v) is 16.1. The van der Waals surface area contributed by atoms with Gasteiger partial charge in [0.05, 0.1) is 29.4 Å². The quantitative estimate of drug-likeness (QED) is 0.110. The molecule has 6 atom stereocenters. The molecular formula is C38H34O13. The van der Waals surface area contributed by atoms with Crippen LogP contribution >= 0.6 is 0 Å². The van der Waals surface area contributed by atoms with Crippen LogP contribution in [0.5, 0.6) is 34.5 Å². The van der Waals surface area contributed by atoms with Gasteiger partial charge in [0, 0.05) is 25.2 Å². The normalized spacial score (nSPS) is 23.3. The SMILES string of the molecule is CC(=O)Oc1c(OC(=O)/C=C\[C@H]2O[C@@H]2C)c(-c2ccc(O)cc2)c(OC(=O)/C=C\[C@H]2O[C@@H]2C)c(OC(=O)/C=C\[C@@H]2O[C@H]2C)c1-c1ccc(O)cc1. The Kier molecular flexibility index (Phi) is 10.1. The second-order valence-corrected chi connectivity index (χ2v) is 12.0. The van der Waals surface area contributed by atoms with Crippen LogP contribution in [0.1, 0.15) is 27.7 Å². The smallest absolute Gasteiger partial charge is 0.336 e. The molecule has 0 spiro atoms. The van der Waals surface area contributed by atoms with E-state index in [4.69, 9.17) is 33.2 Å². The van der Waals surface area contributed by atoms with Crippen LogP contribution in [0.2, 0.25) is 0 Å². The zero-order valence-electron chi connectivity index (χ0n) is 27.9.